The second-order valence-corrected chi connectivity index (χ2v) is 6.11. The van der Waals surface area contributed by atoms with Crippen molar-refractivity contribution in [2.75, 3.05) is 6.54 Å². The Morgan fingerprint density at radius 1 is 1.25 bits per heavy atom. The lowest BCUT2D eigenvalue weighted by molar-refractivity contribution is -0.141. The Kier molecular flexibility index (Phi) is 3.75. The number of amides is 4. The fraction of sp³-hybridized carbons (Fsp3) is 0.375. The van der Waals surface area contributed by atoms with Crippen molar-refractivity contribution in [1.82, 2.24) is 15.5 Å². The number of carbonyl (C=O) groups excluding carboxylic acids is 3. The first-order valence-corrected chi connectivity index (χ1v) is 7.61. The number of carboxylic acid groups (broad SMARTS) is 1. The molecule has 8 heteroatoms. The van der Waals surface area contributed by atoms with Gasteiger partial charge in [-0.15, -0.1) is 0 Å². The molecule has 0 bridgehead atoms. The molecule has 1 aromatic carbocycles. The lowest BCUT2D eigenvalue weighted by Crippen LogP contribution is -2.41. The smallest absolute Gasteiger partial charge is 0.326 e. The van der Waals surface area contributed by atoms with Crippen LogP contribution in [0.1, 0.15) is 35.7 Å². The lowest BCUT2D eigenvalue weighted by atomic mass is 9.91. The highest BCUT2D eigenvalue weighted by Gasteiger charge is 2.43. The summed E-state index contributed by atoms with van der Waals surface area (Å²) in [6, 6.07) is 4.89. The summed E-state index contributed by atoms with van der Waals surface area (Å²) in [7, 11) is 0. The summed E-state index contributed by atoms with van der Waals surface area (Å²) in [6.07, 6.45) is 1.11. The molecule has 2 aliphatic heterocycles. The number of nitrogens with zero attached hydrogens (tertiary/aromatic N) is 1. The van der Waals surface area contributed by atoms with Crippen molar-refractivity contribution in [1.29, 1.82) is 0 Å². The molecule has 1 unspecified atom stereocenters. The van der Waals surface area contributed by atoms with Crippen molar-refractivity contribution in [2.24, 2.45) is 0 Å². The predicted octanol–water partition coefficient (Wildman–Crippen LogP) is 0.430. The fourth-order valence-electron chi connectivity index (χ4n) is 3.12. The van der Waals surface area contributed by atoms with Crippen LogP contribution in [0, 0.1) is 0 Å². The summed E-state index contributed by atoms with van der Waals surface area (Å²) in [6.45, 7) is 1.98. The predicted molar refractivity (Wildman–Crippen MR) is 82.2 cm³/mol. The Morgan fingerprint density at radius 3 is 2.46 bits per heavy atom. The summed E-state index contributed by atoms with van der Waals surface area (Å²) in [4.78, 5) is 48.3. The molecule has 0 spiro atoms. The third-order valence-electron chi connectivity index (χ3n) is 4.55. The molecule has 0 radical (unpaired) electrons. The summed E-state index contributed by atoms with van der Waals surface area (Å²) < 4.78 is 0. The van der Waals surface area contributed by atoms with Crippen molar-refractivity contribution in [3.05, 3.63) is 35.4 Å². The quantitative estimate of drug-likeness (QED) is 0.695. The summed E-state index contributed by atoms with van der Waals surface area (Å²) >= 11 is 0. The van der Waals surface area contributed by atoms with Crippen LogP contribution in [0.2, 0.25) is 0 Å². The van der Waals surface area contributed by atoms with E-state index in [1.165, 1.54) is 17.0 Å². The van der Waals surface area contributed by atoms with Crippen molar-refractivity contribution < 1.29 is 24.3 Å². The maximum atomic E-state index is 12.5. The third-order valence-corrected chi connectivity index (χ3v) is 4.55. The van der Waals surface area contributed by atoms with Gasteiger partial charge in [-0.25, -0.2) is 9.59 Å². The van der Waals surface area contributed by atoms with E-state index in [4.69, 9.17) is 0 Å². The monoisotopic (exact) mass is 331 g/mol. The molecule has 126 valence electrons. The normalized spacial score (nSPS) is 26.2. The van der Waals surface area contributed by atoms with Crippen LogP contribution in [-0.2, 0) is 15.1 Å². The minimum absolute atomic E-state index is 0.347. The van der Waals surface area contributed by atoms with Gasteiger partial charge in [0, 0.05) is 12.1 Å². The summed E-state index contributed by atoms with van der Waals surface area (Å²) in [5.41, 5.74) is -0.297. The Hall–Kier alpha value is -2.90. The van der Waals surface area contributed by atoms with Crippen molar-refractivity contribution in [2.45, 2.75) is 31.3 Å². The molecule has 3 rings (SSSR count). The average molecular weight is 331 g/mol. The first-order valence-electron chi connectivity index (χ1n) is 7.61. The van der Waals surface area contributed by atoms with E-state index in [2.05, 4.69) is 10.6 Å². The van der Waals surface area contributed by atoms with Crippen LogP contribution in [0.25, 0.3) is 0 Å². The first kappa shape index (κ1) is 16.0. The lowest BCUT2D eigenvalue weighted by Gasteiger charge is -2.23. The number of hydrogen-bond acceptors (Lipinski definition) is 4. The van der Waals surface area contributed by atoms with Crippen LogP contribution in [0.4, 0.5) is 4.79 Å². The van der Waals surface area contributed by atoms with E-state index in [1.807, 2.05) is 0 Å². The number of benzene rings is 1. The highest BCUT2D eigenvalue weighted by molar-refractivity contribution is 6.07. The second kappa shape index (κ2) is 5.63. The van der Waals surface area contributed by atoms with Gasteiger partial charge in [-0.05, 0) is 37.5 Å². The number of imide groups is 1. The van der Waals surface area contributed by atoms with E-state index >= 15 is 0 Å². The van der Waals surface area contributed by atoms with E-state index in [0.717, 1.165) is 0 Å². The summed E-state index contributed by atoms with van der Waals surface area (Å²) in [5, 5.41) is 13.9. The van der Waals surface area contributed by atoms with E-state index in [9.17, 15) is 24.3 Å². The molecule has 4 amide bonds. The van der Waals surface area contributed by atoms with Crippen LogP contribution < -0.4 is 10.6 Å². The number of likely N-dealkylation sites (tertiary alicyclic amines) is 1. The maximum Gasteiger partial charge on any atom is 0.326 e. The Bertz CT molecular complexity index is 730. The Balaban J connectivity index is 1.82. The number of carbonyl (C=O) groups is 4. The number of rotatable bonds is 3. The largest absolute Gasteiger partial charge is 0.480 e. The zero-order valence-electron chi connectivity index (χ0n) is 13.0. The van der Waals surface area contributed by atoms with E-state index < -0.39 is 29.5 Å². The molecular formula is C16H17N3O5. The van der Waals surface area contributed by atoms with Gasteiger partial charge in [-0.2, -0.15) is 0 Å². The average Bonchev–Trinajstić information content (AvgIpc) is 3.12. The van der Waals surface area contributed by atoms with Crippen LogP contribution >= 0.6 is 0 Å². The minimum Gasteiger partial charge on any atom is -0.480 e. The standard InChI is InChI=1S/C16H17N3O5/c1-16(14(23)17-15(24)18-16)10-6-4-9(5-7-10)12(20)19-8-2-3-11(19)13(21)22/h4-7,11H,2-3,8H2,1H3,(H,21,22)(H2,17,18,23,24)/t11-,16?/m1/s1. The van der Waals surface area contributed by atoms with E-state index in [1.54, 1.807) is 19.1 Å². The molecule has 0 aromatic heterocycles. The molecule has 0 aliphatic carbocycles. The topological polar surface area (TPSA) is 116 Å². The number of aliphatic carboxylic acids is 1. The Labute approximate surface area is 137 Å². The Morgan fingerprint density at radius 2 is 1.92 bits per heavy atom. The van der Waals surface area contributed by atoms with Crippen LogP contribution in [0.5, 0.6) is 0 Å². The van der Waals surface area contributed by atoms with Gasteiger partial charge in [-0.3, -0.25) is 14.9 Å². The third kappa shape index (κ3) is 2.49. The molecule has 3 N–H and O–H groups in total. The fourth-order valence-corrected chi connectivity index (χ4v) is 3.12. The van der Waals surface area contributed by atoms with Gasteiger partial charge in [0.1, 0.15) is 11.6 Å². The molecule has 0 saturated carbocycles. The molecule has 2 saturated heterocycles. The summed E-state index contributed by atoms with van der Waals surface area (Å²) in [5.74, 6) is -1.82. The molecule has 24 heavy (non-hydrogen) atoms. The molecule has 2 atom stereocenters. The number of urea groups is 1. The van der Waals surface area contributed by atoms with Gasteiger partial charge in [0.15, 0.2) is 0 Å². The highest BCUT2D eigenvalue weighted by Crippen LogP contribution is 2.26. The van der Waals surface area contributed by atoms with Gasteiger partial charge in [0.2, 0.25) is 0 Å². The molecule has 2 heterocycles. The second-order valence-electron chi connectivity index (χ2n) is 6.11. The van der Waals surface area contributed by atoms with Crippen molar-refractivity contribution >= 4 is 23.8 Å². The minimum atomic E-state index is -1.18. The van der Waals surface area contributed by atoms with Crippen LogP contribution in [0.3, 0.4) is 0 Å². The SMILES string of the molecule is CC1(c2ccc(C(=O)N3CCC[C@@H]3C(=O)O)cc2)NC(=O)NC1=O. The van der Waals surface area contributed by atoms with E-state index in [-0.39, 0.29) is 5.91 Å². The van der Waals surface area contributed by atoms with Gasteiger partial charge in [0.25, 0.3) is 11.8 Å². The molecular weight excluding hydrogens is 314 g/mol. The van der Waals surface area contributed by atoms with Gasteiger partial charge >= 0.3 is 12.0 Å². The first-order chi connectivity index (χ1) is 11.3. The van der Waals surface area contributed by atoms with Crippen molar-refractivity contribution in [3.63, 3.8) is 0 Å². The molecule has 2 aliphatic rings. The zero-order valence-corrected chi connectivity index (χ0v) is 13.0. The maximum absolute atomic E-state index is 12.5. The number of hydrogen-bond donors (Lipinski definition) is 3. The van der Waals surface area contributed by atoms with E-state index in [0.29, 0.717) is 30.5 Å². The molecule has 2 fully saturated rings. The highest BCUT2D eigenvalue weighted by atomic mass is 16.4. The molecule has 1 aromatic rings. The van der Waals surface area contributed by atoms with Crippen LogP contribution in [-0.4, -0.2) is 46.4 Å². The van der Waals surface area contributed by atoms with Crippen molar-refractivity contribution in [3.8, 4) is 0 Å². The number of nitrogens with one attached hydrogen (secondary N) is 2. The number of carboxylic acids is 1. The van der Waals surface area contributed by atoms with Gasteiger partial charge in [-0.1, -0.05) is 12.1 Å². The zero-order chi connectivity index (χ0) is 17.5. The van der Waals surface area contributed by atoms with Gasteiger partial charge < -0.3 is 15.3 Å². The van der Waals surface area contributed by atoms with Crippen LogP contribution in [0.15, 0.2) is 24.3 Å². The molecule has 8 nitrogen and oxygen atoms in total. The van der Waals surface area contributed by atoms with Gasteiger partial charge in [0.05, 0.1) is 0 Å².